The molecule has 4 amide bonds. The minimum Gasteiger partial charge on any atom is -0.379 e. The molecular weight excluding hydrogens is 633 g/mol. The molecule has 5 aromatic rings. The Bertz CT molecular complexity index is 1870. The summed E-state index contributed by atoms with van der Waals surface area (Å²) in [7, 11) is -7.97. The largest absolute Gasteiger partial charge is 0.379 e. The molecule has 5 aromatic carbocycles. The molecule has 5 rings (SSSR count). The SMILES string of the molecule is O=C(Nc1ccc(NC(=O)Nc2ccc(OS(=O)(=O)c3ccccc3)cc2)cc1)Nc1ccc(OS(=O)(=O)c2ccccc2)cc1. The zero-order valence-corrected chi connectivity index (χ0v) is 25.4. The smallest absolute Gasteiger partial charge is 0.339 e. The van der Waals surface area contributed by atoms with E-state index in [0.717, 1.165) is 0 Å². The van der Waals surface area contributed by atoms with Crippen LogP contribution in [0.2, 0.25) is 0 Å². The van der Waals surface area contributed by atoms with E-state index in [0.29, 0.717) is 22.7 Å². The molecule has 0 saturated heterocycles. The lowest BCUT2D eigenvalue weighted by Crippen LogP contribution is -2.20. The van der Waals surface area contributed by atoms with Crippen LogP contribution in [-0.4, -0.2) is 28.9 Å². The number of hydrogen-bond acceptors (Lipinski definition) is 8. The molecule has 0 saturated carbocycles. The van der Waals surface area contributed by atoms with Crippen molar-refractivity contribution in [2.45, 2.75) is 9.79 Å². The summed E-state index contributed by atoms with van der Waals surface area (Å²) in [6, 6.07) is 32.3. The van der Waals surface area contributed by atoms with Crippen LogP contribution in [0.1, 0.15) is 0 Å². The zero-order chi connectivity index (χ0) is 32.6. The van der Waals surface area contributed by atoms with Gasteiger partial charge >= 0.3 is 32.3 Å². The van der Waals surface area contributed by atoms with Crippen molar-refractivity contribution in [3.05, 3.63) is 133 Å². The molecule has 0 aliphatic heterocycles. The van der Waals surface area contributed by atoms with E-state index in [4.69, 9.17) is 8.37 Å². The highest BCUT2D eigenvalue weighted by Gasteiger charge is 2.17. The fourth-order valence-corrected chi connectivity index (χ4v) is 5.84. The standard InChI is InChI=1S/C32H26N4O8S2/c37-31(35-25-15-19-27(20-16-25)43-45(39,40)29-7-3-1-4-8-29)33-23-11-13-24(14-12-23)34-32(38)36-26-17-21-28(22-18-26)44-46(41,42)30-9-5-2-6-10-30/h1-22H,(H2,33,35,37)(H2,34,36,38). The van der Waals surface area contributed by atoms with Gasteiger partial charge in [0.1, 0.15) is 21.3 Å². The maximum atomic E-state index is 12.4. The molecule has 0 atom stereocenters. The molecule has 0 fully saturated rings. The third-order valence-electron chi connectivity index (χ3n) is 6.10. The molecule has 0 bridgehead atoms. The Morgan fingerprint density at radius 1 is 0.391 bits per heavy atom. The predicted octanol–water partition coefficient (Wildman–Crippen LogP) is 6.51. The molecule has 14 heteroatoms. The van der Waals surface area contributed by atoms with Crippen molar-refractivity contribution < 1.29 is 34.8 Å². The average Bonchev–Trinajstić information content (AvgIpc) is 3.04. The molecule has 46 heavy (non-hydrogen) atoms. The lowest BCUT2D eigenvalue weighted by molar-refractivity contribution is 0.261. The highest BCUT2D eigenvalue weighted by Crippen LogP contribution is 2.23. The van der Waals surface area contributed by atoms with E-state index >= 15 is 0 Å². The second-order valence-corrected chi connectivity index (χ2v) is 12.6. The number of nitrogens with one attached hydrogen (secondary N) is 4. The van der Waals surface area contributed by atoms with Crippen LogP contribution in [0.4, 0.5) is 32.3 Å². The van der Waals surface area contributed by atoms with Gasteiger partial charge in [0, 0.05) is 22.7 Å². The van der Waals surface area contributed by atoms with Crippen molar-refractivity contribution in [2.24, 2.45) is 0 Å². The van der Waals surface area contributed by atoms with E-state index in [-0.39, 0.29) is 21.3 Å². The molecule has 0 spiro atoms. The first-order valence-electron chi connectivity index (χ1n) is 13.5. The summed E-state index contributed by atoms with van der Waals surface area (Å²) in [4.78, 5) is 24.9. The van der Waals surface area contributed by atoms with Crippen molar-refractivity contribution in [3.63, 3.8) is 0 Å². The summed E-state index contributed by atoms with van der Waals surface area (Å²) in [5, 5.41) is 10.6. The Morgan fingerprint density at radius 2 is 0.652 bits per heavy atom. The van der Waals surface area contributed by atoms with Gasteiger partial charge in [-0.2, -0.15) is 16.8 Å². The van der Waals surface area contributed by atoms with Crippen molar-refractivity contribution in [3.8, 4) is 11.5 Å². The molecule has 0 aliphatic rings. The first kappa shape index (κ1) is 31.6. The molecule has 4 N–H and O–H groups in total. The van der Waals surface area contributed by atoms with Crippen molar-refractivity contribution >= 4 is 55.0 Å². The van der Waals surface area contributed by atoms with Gasteiger partial charge in [0.05, 0.1) is 0 Å². The first-order chi connectivity index (χ1) is 22.1. The van der Waals surface area contributed by atoms with Crippen LogP contribution in [0, 0.1) is 0 Å². The molecule has 234 valence electrons. The number of urea groups is 2. The second-order valence-electron chi connectivity index (χ2n) is 9.49. The van der Waals surface area contributed by atoms with Gasteiger partial charge in [-0.3, -0.25) is 0 Å². The van der Waals surface area contributed by atoms with Crippen LogP contribution in [-0.2, 0) is 20.2 Å². The number of hydrogen-bond donors (Lipinski definition) is 4. The third kappa shape index (κ3) is 8.62. The molecule has 0 heterocycles. The Hall–Kier alpha value is -5.86. The molecule has 0 aliphatic carbocycles. The van der Waals surface area contributed by atoms with Crippen LogP contribution in [0.5, 0.6) is 11.5 Å². The fraction of sp³-hybridized carbons (Fsp3) is 0. The lowest BCUT2D eigenvalue weighted by atomic mass is 10.2. The topological polar surface area (TPSA) is 169 Å². The van der Waals surface area contributed by atoms with Crippen LogP contribution in [0.15, 0.2) is 143 Å². The van der Waals surface area contributed by atoms with E-state index < -0.39 is 32.3 Å². The molecule has 0 radical (unpaired) electrons. The minimum absolute atomic E-state index is 0.0233. The highest BCUT2D eigenvalue weighted by molar-refractivity contribution is 7.87. The summed E-state index contributed by atoms with van der Waals surface area (Å²) in [5.41, 5.74) is 1.68. The van der Waals surface area contributed by atoms with Gasteiger partial charge in [0.2, 0.25) is 0 Å². The van der Waals surface area contributed by atoms with E-state index in [9.17, 15) is 26.4 Å². The number of benzene rings is 5. The van der Waals surface area contributed by atoms with Gasteiger partial charge in [-0.25, -0.2) is 9.59 Å². The number of carbonyl (C=O) groups excluding carboxylic acids is 2. The van der Waals surface area contributed by atoms with Crippen LogP contribution in [0.3, 0.4) is 0 Å². The number of rotatable bonds is 10. The molecule has 0 unspecified atom stereocenters. The van der Waals surface area contributed by atoms with E-state index in [1.807, 2.05) is 0 Å². The maximum Gasteiger partial charge on any atom is 0.339 e. The lowest BCUT2D eigenvalue weighted by Gasteiger charge is -2.11. The fourth-order valence-electron chi connectivity index (χ4n) is 3.94. The first-order valence-corrected chi connectivity index (χ1v) is 16.3. The number of carbonyl (C=O) groups is 2. The Balaban J connectivity index is 1.08. The van der Waals surface area contributed by atoms with Crippen molar-refractivity contribution in [1.82, 2.24) is 0 Å². The second kappa shape index (κ2) is 13.8. The highest BCUT2D eigenvalue weighted by atomic mass is 32.2. The van der Waals surface area contributed by atoms with Gasteiger partial charge < -0.3 is 29.6 Å². The molecular formula is C32H26N4O8S2. The number of amides is 4. The van der Waals surface area contributed by atoms with E-state index in [1.165, 1.54) is 72.8 Å². The minimum atomic E-state index is -3.99. The van der Waals surface area contributed by atoms with Crippen molar-refractivity contribution in [1.29, 1.82) is 0 Å². The van der Waals surface area contributed by atoms with E-state index in [2.05, 4.69) is 21.3 Å². The zero-order valence-electron chi connectivity index (χ0n) is 23.8. The summed E-state index contributed by atoms with van der Waals surface area (Å²) < 4.78 is 59.8. The van der Waals surface area contributed by atoms with Gasteiger partial charge in [-0.05, 0) is 97.1 Å². The summed E-state index contributed by atoms with van der Waals surface area (Å²) in [5.74, 6) is 0.171. The van der Waals surface area contributed by atoms with Crippen LogP contribution < -0.4 is 29.6 Å². The normalized spacial score (nSPS) is 11.1. The predicted molar refractivity (Wildman–Crippen MR) is 173 cm³/mol. The molecule has 0 aromatic heterocycles. The van der Waals surface area contributed by atoms with Gasteiger partial charge in [0.25, 0.3) is 0 Å². The summed E-state index contributed by atoms with van der Waals surface area (Å²) >= 11 is 0. The van der Waals surface area contributed by atoms with Gasteiger partial charge in [0.15, 0.2) is 0 Å². The third-order valence-corrected chi connectivity index (χ3v) is 8.62. The quantitative estimate of drug-likeness (QED) is 0.123. The van der Waals surface area contributed by atoms with Gasteiger partial charge in [-0.15, -0.1) is 0 Å². The van der Waals surface area contributed by atoms with Crippen molar-refractivity contribution in [2.75, 3.05) is 21.3 Å². The maximum absolute atomic E-state index is 12.4. The average molecular weight is 659 g/mol. The Kier molecular flexibility index (Phi) is 9.50. The number of anilines is 4. The summed E-state index contributed by atoms with van der Waals surface area (Å²) in [6.07, 6.45) is 0. The van der Waals surface area contributed by atoms with Crippen LogP contribution in [0.25, 0.3) is 0 Å². The Labute approximate surface area is 265 Å². The van der Waals surface area contributed by atoms with Gasteiger partial charge in [-0.1, -0.05) is 36.4 Å². The summed E-state index contributed by atoms with van der Waals surface area (Å²) in [6.45, 7) is 0. The monoisotopic (exact) mass is 658 g/mol. The van der Waals surface area contributed by atoms with E-state index in [1.54, 1.807) is 60.7 Å². The Morgan fingerprint density at radius 3 is 0.935 bits per heavy atom. The molecule has 12 nitrogen and oxygen atoms in total. The van der Waals surface area contributed by atoms with Crippen LogP contribution >= 0.6 is 0 Å².